The number of hydrogen-bond acceptors (Lipinski definition) is 7. The monoisotopic (exact) mass is 417 g/mol. The van der Waals surface area contributed by atoms with Crippen LogP contribution in [0.4, 0.5) is 0 Å². The normalized spacial score (nSPS) is 11.2. The first-order chi connectivity index (χ1) is 14.4. The molecule has 8 heteroatoms. The average molecular weight is 417 g/mol. The second-order valence-electron chi connectivity index (χ2n) is 6.27. The molecule has 0 saturated heterocycles. The number of carbonyl (C=O) groups is 2. The zero-order chi connectivity index (χ0) is 22.1. The second-order valence-corrected chi connectivity index (χ2v) is 6.27. The molecule has 0 aliphatic heterocycles. The summed E-state index contributed by atoms with van der Waals surface area (Å²) in [6, 6.07) is 9.60. The SMILES string of the molecule is CCOc1cc(C(=O)OCC(=O)N[C@H](C)c2cc(OC)ccc2OC)ccc1OC. The highest BCUT2D eigenvalue weighted by atomic mass is 16.5. The van der Waals surface area contributed by atoms with Crippen LogP contribution in [-0.4, -0.2) is 46.4 Å². The number of methoxy groups -OCH3 is 3. The van der Waals surface area contributed by atoms with Crippen LogP contribution in [0.15, 0.2) is 36.4 Å². The molecule has 1 atom stereocenters. The topological polar surface area (TPSA) is 92.3 Å². The van der Waals surface area contributed by atoms with E-state index in [4.69, 9.17) is 23.7 Å². The molecule has 2 aromatic rings. The van der Waals surface area contributed by atoms with Crippen LogP contribution in [0.25, 0.3) is 0 Å². The second kappa shape index (κ2) is 10.9. The van der Waals surface area contributed by atoms with Crippen LogP contribution in [0, 0.1) is 0 Å². The minimum absolute atomic E-state index is 0.259. The van der Waals surface area contributed by atoms with Gasteiger partial charge in [-0.3, -0.25) is 4.79 Å². The molecule has 0 fully saturated rings. The summed E-state index contributed by atoms with van der Waals surface area (Å²) < 4.78 is 26.3. The van der Waals surface area contributed by atoms with E-state index in [1.54, 1.807) is 51.5 Å². The van der Waals surface area contributed by atoms with Crippen LogP contribution in [0.5, 0.6) is 23.0 Å². The third-order valence-electron chi connectivity index (χ3n) is 4.31. The Morgan fingerprint density at radius 2 is 1.63 bits per heavy atom. The molecule has 0 radical (unpaired) electrons. The first-order valence-electron chi connectivity index (χ1n) is 9.42. The van der Waals surface area contributed by atoms with Gasteiger partial charge in [0.2, 0.25) is 0 Å². The van der Waals surface area contributed by atoms with Gasteiger partial charge in [0.25, 0.3) is 5.91 Å². The Hall–Kier alpha value is -3.42. The fourth-order valence-corrected chi connectivity index (χ4v) is 2.83. The molecule has 1 amide bonds. The van der Waals surface area contributed by atoms with Gasteiger partial charge in [-0.15, -0.1) is 0 Å². The highest BCUT2D eigenvalue weighted by molar-refractivity contribution is 5.92. The van der Waals surface area contributed by atoms with Crippen LogP contribution in [0.3, 0.4) is 0 Å². The van der Waals surface area contributed by atoms with Crippen molar-refractivity contribution in [3.63, 3.8) is 0 Å². The molecule has 1 N–H and O–H groups in total. The molecule has 30 heavy (non-hydrogen) atoms. The van der Waals surface area contributed by atoms with Gasteiger partial charge in [0.1, 0.15) is 11.5 Å². The molecule has 0 saturated carbocycles. The Kier molecular flexibility index (Phi) is 8.34. The van der Waals surface area contributed by atoms with Gasteiger partial charge in [0.05, 0.1) is 39.5 Å². The lowest BCUT2D eigenvalue weighted by molar-refractivity contribution is -0.124. The lowest BCUT2D eigenvalue weighted by atomic mass is 10.1. The van der Waals surface area contributed by atoms with Crippen molar-refractivity contribution in [2.45, 2.75) is 19.9 Å². The molecule has 0 unspecified atom stereocenters. The smallest absolute Gasteiger partial charge is 0.338 e. The molecule has 2 aromatic carbocycles. The number of carbonyl (C=O) groups excluding carboxylic acids is 2. The maximum absolute atomic E-state index is 12.3. The Labute approximate surface area is 176 Å². The van der Waals surface area contributed by atoms with Gasteiger partial charge in [0.15, 0.2) is 18.1 Å². The Bertz CT molecular complexity index is 882. The Morgan fingerprint density at radius 1 is 0.933 bits per heavy atom. The minimum atomic E-state index is -0.639. The van der Waals surface area contributed by atoms with E-state index in [2.05, 4.69) is 5.32 Å². The number of benzene rings is 2. The molecule has 162 valence electrons. The molecular formula is C22H27NO7. The van der Waals surface area contributed by atoms with Crippen LogP contribution in [-0.2, 0) is 9.53 Å². The molecule has 2 rings (SSSR count). The van der Waals surface area contributed by atoms with Crippen molar-refractivity contribution in [1.82, 2.24) is 5.32 Å². The number of esters is 1. The molecule has 0 aliphatic carbocycles. The van der Waals surface area contributed by atoms with Crippen molar-refractivity contribution >= 4 is 11.9 Å². The summed E-state index contributed by atoms with van der Waals surface area (Å²) in [7, 11) is 4.62. The molecule has 0 heterocycles. The third kappa shape index (κ3) is 5.79. The van der Waals surface area contributed by atoms with Crippen molar-refractivity contribution in [2.24, 2.45) is 0 Å². The molecule has 0 aliphatic rings. The van der Waals surface area contributed by atoms with Crippen molar-refractivity contribution in [2.75, 3.05) is 34.5 Å². The van der Waals surface area contributed by atoms with Crippen molar-refractivity contribution in [3.8, 4) is 23.0 Å². The molecular weight excluding hydrogens is 390 g/mol. The average Bonchev–Trinajstić information content (AvgIpc) is 2.77. The summed E-state index contributed by atoms with van der Waals surface area (Å²) in [5, 5.41) is 2.78. The predicted molar refractivity (Wildman–Crippen MR) is 111 cm³/mol. The summed E-state index contributed by atoms with van der Waals surface area (Å²) in [6.45, 7) is 3.62. The van der Waals surface area contributed by atoms with E-state index in [0.29, 0.717) is 29.6 Å². The van der Waals surface area contributed by atoms with Gasteiger partial charge in [-0.2, -0.15) is 0 Å². The lowest BCUT2D eigenvalue weighted by Gasteiger charge is -2.18. The number of amides is 1. The summed E-state index contributed by atoms with van der Waals surface area (Å²) >= 11 is 0. The molecule has 0 aromatic heterocycles. The van der Waals surface area contributed by atoms with Gasteiger partial charge in [-0.05, 0) is 50.2 Å². The van der Waals surface area contributed by atoms with Gasteiger partial charge < -0.3 is 29.0 Å². The molecule has 8 nitrogen and oxygen atoms in total. The number of ether oxygens (including phenoxy) is 5. The zero-order valence-electron chi connectivity index (χ0n) is 17.8. The maximum atomic E-state index is 12.3. The van der Waals surface area contributed by atoms with Crippen molar-refractivity contribution < 1.29 is 33.3 Å². The largest absolute Gasteiger partial charge is 0.497 e. The van der Waals surface area contributed by atoms with E-state index in [1.807, 2.05) is 6.92 Å². The fourth-order valence-electron chi connectivity index (χ4n) is 2.83. The standard InChI is InChI=1S/C22H27NO7/c1-6-29-20-11-15(7-9-19(20)28-5)22(25)30-13-21(24)23-14(2)17-12-16(26-3)8-10-18(17)27-4/h7-12,14H,6,13H2,1-5H3,(H,23,24)/t14-/m1/s1. The third-order valence-corrected chi connectivity index (χ3v) is 4.31. The predicted octanol–water partition coefficient (Wildman–Crippen LogP) is 3.15. The minimum Gasteiger partial charge on any atom is -0.497 e. The number of nitrogens with one attached hydrogen (secondary N) is 1. The summed E-state index contributed by atoms with van der Waals surface area (Å²) in [4.78, 5) is 24.6. The highest BCUT2D eigenvalue weighted by Gasteiger charge is 2.18. The highest BCUT2D eigenvalue weighted by Crippen LogP contribution is 2.30. The van der Waals surface area contributed by atoms with Crippen molar-refractivity contribution in [1.29, 1.82) is 0 Å². The fraction of sp³-hybridized carbons (Fsp3) is 0.364. The quantitative estimate of drug-likeness (QED) is 0.594. The van der Waals surface area contributed by atoms with Crippen LogP contribution >= 0.6 is 0 Å². The van der Waals surface area contributed by atoms with E-state index >= 15 is 0 Å². The van der Waals surface area contributed by atoms with E-state index in [-0.39, 0.29) is 11.6 Å². The molecule has 0 spiro atoms. The van der Waals surface area contributed by atoms with E-state index < -0.39 is 18.5 Å². The summed E-state index contributed by atoms with van der Waals surface area (Å²) in [5.41, 5.74) is 1.00. The molecule has 0 bridgehead atoms. The Morgan fingerprint density at radius 3 is 2.27 bits per heavy atom. The number of hydrogen-bond donors (Lipinski definition) is 1. The zero-order valence-corrected chi connectivity index (χ0v) is 17.8. The first-order valence-corrected chi connectivity index (χ1v) is 9.42. The van der Waals surface area contributed by atoms with Gasteiger partial charge in [0, 0.05) is 5.56 Å². The van der Waals surface area contributed by atoms with E-state index in [9.17, 15) is 9.59 Å². The van der Waals surface area contributed by atoms with Crippen LogP contribution in [0.2, 0.25) is 0 Å². The summed E-state index contributed by atoms with van der Waals surface area (Å²) in [5.74, 6) is 1.11. The van der Waals surface area contributed by atoms with Crippen molar-refractivity contribution in [3.05, 3.63) is 47.5 Å². The summed E-state index contributed by atoms with van der Waals surface area (Å²) in [6.07, 6.45) is 0. The maximum Gasteiger partial charge on any atom is 0.338 e. The van der Waals surface area contributed by atoms with E-state index in [1.165, 1.54) is 13.2 Å². The van der Waals surface area contributed by atoms with Gasteiger partial charge >= 0.3 is 5.97 Å². The van der Waals surface area contributed by atoms with Gasteiger partial charge in [-0.25, -0.2) is 4.79 Å². The Balaban J connectivity index is 1.99. The van der Waals surface area contributed by atoms with Gasteiger partial charge in [-0.1, -0.05) is 0 Å². The first kappa shape index (κ1) is 22.9. The lowest BCUT2D eigenvalue weighted by Crippen LogP contribution is -2.31. The van der Waals surface area contributed by atoms with E-state index in [0.717, 1.165) is 5.56 Å². The van der Waals surface area contributed by atoms with Crippen LogP contribution in [0.1, 0.15) is 35.8 Å². The number of rotatable bonds is 10. The van der Waals surface area contributed by atoms with Crippen LogP contribution < -0.4 is 24.3 Å².